The van der Waals surface area contributed by atoms with Crippen LogP contribution in [0.4, 0.5) is 0 Å². The molecule has 0 amide bonds. The van der Waals surface area contributed by atoms with Crippen molar-refractivity contribution in [3.8, 4) is 51.0 Å². The molecular formula is C45H28N4O. The second-order valence-corrected chi connectivity index (χ2v) is 10.3. The van der Waals surface area contributed by atoms with Gasteiger partial charge in [0.1, 0.15) is 11.2 Å². The number of rotatable bonds is 5. The molecule has 0 N–H and O–H groups in total. The predicted octanol–water partition coefficient (Wildman–Crippen LogP) is 11.5. The Hall–Kier alpha value is -6.85. The molecular weight excluding hydrogens is 613 g/mol. The summed E-state index contributed by atoms with van der Waals surface area (Å²) in [5.74, 6) is -2.59. The SMILES string of the molecule is [2H]c1c([2H])c([2H])c(-c2nc(-c3c([2H])c([2H])c([2H])c([2H])c3[2H])nc(-c3c([2H])c([2H])c4c5c([2H])c([2H])c([2H])c([2H])c5n(-c5c([2H])c([2H])c([2H])c(-c6c([2H])c([2H])c7c(oc8c([2H])c([2H])c([2H])c([2H])c87)c6[2H])c5[2H])c4c3[2H])n2)c([2H])c1[2H]. The number of hydrogen-bond acceptors (Lipinski definition) is 4. The molecule has 0 radical (unpaired) electrons. The Morgan fingerprint density at radius 3 is 1.68 bits per heavy atom. The summed E-state index contributed by atoms with van der Waals surface area (Å²) in [6, 6.07) is -25.3. The van der Waals surface area contributed by atoms with Crippen LogP contribution in [0, 0.1) is 0 Å². The third-order valence-electron chi connectivity index (χ3n) is 7.43. The first-order chi connectivity index (χ1) is 36.4. The van der Waals surface area contributed by atoms with Crippen molar-refractivity contribution in [1.29, 1.82) is 0 Å². The van der Waals surface area contributed by atoms with E-state index in [9.17, 15) is 11.0 Å². The van der Waals surface area contributed by atoms with Gasteiger partial charge in [0, 0.05) is 43.9 Å². The molecule has 0 fully saturated rings. The smallest absolute Gasteiger partial charge is 0.164 e. The minimum Gasteiger partial charge on any atom is -0.456 e. The molecule has 5 heteroatoms. The monoisotopic (exact) mass is 668 g/mol. The van der Waals surface area contributed by atoms with Crippen molar-refractivity contribution in [3.63, 3.8) is 0 Å². The number of para-hydroxylation sites is 2. The van der Waals surface area contributed by atoms with Gasteiger partial charge < -0.3 is 8.98 Å². The summed E-state index contributed by atoms with van der Waals surface area (Å²) in [6.45, 7) is 0. The molecule has 234 valence electrons. The van der Waals surface area contributed by atoms with Crippen molar-refractivity contribution in [2.75, 3.05) is 0 Å². The molecule has 0 aliphatic carbocycles. The van der Waals surface area contributed by atoms with E-state index in [1.54, 1.807) is 0 Å². The standard InChI is InChI=1S/C45H28N4O/c1-3-12-29(13-4-1)43-46-44(30-14-5-2-6-15-30)48-45(47-43)33-23-24-36-35-18-7-9-20-39(35)49(40(36)27-33)34-17-11-16-31(26-34)32-22-25-38-37-19-8-10-21-41(37)50-42(38)28-32/h1-28H/i1D,2D,3D,4D,5D,6D,7D,8D,9D,10D,11D,12D,13D,14D,15D,16D,17D,18D,19D,20D,21D,22D,23D,24D,25D,26D,27D,28D. The number of nitrogens with zero attached hydrogens (tertiary/aromatic N) is 4. The van der Waals surface area contributed by atoms with E-state index in [-0.39, 0.29) is 5.39 Å². The quantitative estimate of drug-likeness (QED) is 0.183. The van der Waals surface area contributed by atoms with Crippen molar-refractivity contribution in [2.45, 2.75) is 0 Å². The van der Waals surface area contributed by atoms with Gasteiger partial charge >= 0.3 is 0 Å². The summed E-state index contributed by atoms with van der Waals surface area (Å²) in [5, 5.41) is -2.00. The van der Waals surface area contributed by atoms with E-state index in [0.29, 0.717) is 4.57 Å². The van der Waals surface area contributed by atoms with Gasteiger partial charge in [0.05, 0.1) is 49.4 Å². The van der Waals surface area contributed by atoms with Crippen molar-refractivity contribution >= 4 is 43.7 Å². The highest BCUT2D eigenvalue weighted by atomic mass is 16.3. The van der Waals surface area contributed by atoms with Crippen LogP contribution < -0.4 is 0 Å². The van der Waals surface area contributed by atoms with Gasteiger partial charge in [0.25, 0.3) is 0 Å². The lowest BCUT2D eigenvalue weighted by atomic mass is 10.0. The first kappa shape index (κ1) is 11.9. The van der Waals surface area contributed by atoms with Gasteiger partial charge in [-0.2, -0.15) is 0 Å². The zero-order valence-corrected chi connectivity index (χ0v) is 24.7. The van der Waals surface area contributed by atoms with E-state index in [0.717, 1.165) is 0 Å². The van der Waals surface area contributed by atoms with Gasteiger partial charge in [0.15, 0.2) is 17.5 Å². The van der Waals surface area contributed by atoms with Crippen LogP contribution in [0.2, 0.25) is 0 Å². The molecule has 0 aliphatic rings. The summed E-state index contributed by atoms with van der Waals surface area (Å²) in [7, 11) is 0. The minimum atomic E-state index is -1.07. The summed E-state index contributed by atoms with van der Waals surface area (Å²) < 4.78 is 254. The minimum absolute atomic E-state index is 0.368. The highest BCUT2D eigenvalue weighted by molar-refractivity contribution is 6.10. The normalized spacial score (nSPS) is 19.4. The Balaban J connectivity index is 1.39. The van der Waals surface area contributed by atoms with Crippen LogP contribution >= 0.6 is 0 Å². The maximum Gasteiger partial charge on any atom is 0.164 e. The summed E-state index contributed by atoms with van der Waals surface area (Å²) in [6.07, 6.45) is 0. The average Bonchev–Trinajstić information content (AvgIpc) is 4.17. The molecule has 3 aromatic heterocycles. The van der Waals surface area contributed by atoms with Crippen LogP contribution in [0.5, 0.6) is 0 Å². The lowest BCUT2D eigenvalue weighted by molar-refractivity contribution is 0.669. The van der Waals surface area contributed by atoms with E-state index >= 15 is 0 Å². The average molecular weight is 669 g/mol. The molecule has 0 unspecified atom stereocenters. The van der Waals surface area contributed by atoms with Crippen LogP contribution in [0.3, 0.4) is 0 Å². The first-order valence-corrected chi connectivity index (χ1v) is 14.4. The Labute approximate surface area is 327 Å². The topological polar surface area (TPSA) is 56.7 Å². The second-order valence-electron chi connectivity index (χ2n) is 10.3. The van der Waals surface area contributed by atoms with Crippen molar-refractivity contribution < 1.29 is 42.8 Å². The van der Waals surface area contributed by atoms with E-state index in [1.165, 1.54) is 0 Å². The van der Waals surface area contributed by atoms with Crippen LogP contribution in [-0.4, -0.2) is 19.5 Å². The summed E-state index contributed by atoms with van der Waals surface area (Å²) in [4.78, 5) is 12.8. The summed E-state index contributed by atoms with van der Waals surface area (Å²) >= 11 is 0. The largest absolute Gasteiger partial charge is 0.456 e. The predicted molar refractivity (Wildman–Crippen MR) is 203 cm³/mol. The van der Waals surface area contributed by atoms with Gasteiger partial charge in [-0.05, 0) is 53.4 Å². The Morgan fingerprint density at radius 1 is 0.380 bits per heavy atom. The molecule has 7 aromatic carbocycles. The van der Waals surface area contributed by atoms with Crippen LogP contribution in [-0.2, 0) is 0 Å². The van der Waals surface area contributed by atoms with Crippen LogP contribution in [0.1, 0.15) is 38.4 Å². The number of aromatic nitrogens is 4. The molecule has 50 heavy (non-hydrogen) atoms. The third kappa shape index (κ3) is 4.67. The fraction of sp³-hybridized carbons (Fsp3) is 0. The third-order valence-corrected chi connectivity index (χ3v) is 7.43. The van der Waals surface area contributed by atoms with Crippen molar-refractivity contribution in [1.82, 2.24) is 19.5 Å². The maximum atomic E-state index is 9.94. The van der Waals surface area contributed by atoms with Gasteiger partial charge in [-0.1, -0.05) is 127 Å². The molecule has 0 saturated carbocycles. The zero-order chi connectivity index (χ0) is 57.4. The zero-order valence-electron chi connectivity index (χ0n) is 52.7. The molecule has 0 saturated heterocycles. The fourth-order valence-electron chi connectivity index (χ4n) is 5.27. The van der Waals surface area contributed by atoms with E-state index in [1.807, 2.05) is 0 Å². The lowest BCUT2D eigenvalue weighted by Gasteiger charge is -2.12. The fourth-order valence-corrected chi connectivity index (χ4v) is 5.27. The molecule has 0 bridgehead atoms. The van der Waals surface area contributed by atoms with Crippen molar-refractivity contribution in [3.05, 3.63) is 169 Å². The lowest BCUT2D eigenvalue weighted by Crippen LogP contribution is -2.00. The van der Waals surface area contributed by atoms with Gasteiger partial charge in [-0.25, -0.2) is 15.0 Å². The molecule has 0 atom stereocenters. The van der Waals surface area contributed by atoms with Gasteiger partial charge in [0.2, 0.25) is 0 Å². The van der Waals surface area contributed by atoms with Crippen LogP contribution in [0.25, 0.3) is 94.7 Å². The highest BCUT2D eigenvalue weighted by Gasteiger charge is 2.17. The van der Waals surface area contributed by atoms with Crippen LogP contribution in [0.15, 0.2) is 174 Å². The Kier molecular flexibility index (Phi) is 2.72. The van der Waals surface area contributed by atoms with E-state index in [2.05, 4.69) is 15.0 Å². The second kappa shape index (κ2) is 11.4. The number of furan rings is 1. The number of fused-ring (bicyclic) bond motifs is 6. The highest BCUT2D eigenvalue weighted by Crippen LogP contribution is 2.37. The Bertz CT molecular complexity index is 4350. The molecule has 0 aliphatic heterocycles. The van der Waals surface area contributed by atoms with E-state index < -0.39 is 259 Å². The van der Waals surface area contributed by atoms with Gasteiger partial charge in [-0.15, -0.1) is 0 Å². The molecule has 3 heterocycles. The number of hydrogen-bond donors (Lipinski definition) is 0. The van der Waals surface area contributed by atoms with Crippen molar-refractivity contribution in [2.24, 2.45) is 0 Å². The number of benzene rings is 7. The molecule has 5 nitrogen and oxygen atoms in total. The van der Waals surface area contributed by atoms with Gasteiger partial charge in [-0.3, -0.25) is 0 Å². The Morgan fingerprint density at radius 2 is 0.920 bits per heavy atom. The molecule has 0 spiro atoms. The molecule has 10 aromatic rings. The summed E-state index contributed by atoms with van der Waals surface area (Å²) in [5.41, 5.74) is -7.42. The molecule has 10 rings (SSSR count). The first-order valence-electron chi connectivity index (χ1n) is 28.4. The maximum absolute atomic E-state index is 9.94. The van der Waals surface area contributed by atoms with E-state index in [4.69, 9.17) is 31.8 Å².